The van der Waals surface area contributed by atoms with E-state index in [1.54, 1.807) is 0 Å². The molecule has 0 heterocycles. The van der Waals surface area contributed by atoms with Gasteiger partial charge in [0.2, 0.25) is 0 Å². The zero-order valence-electron chi connectivity index (χ0n) is 18.9. The lowest BCUT2D eigenvalue weighted by Gasteiger charge is -2.39. The lowest BCUT2D eigenvalue weighted by atomic mass is 9.97. The molecule has 154 valence electrons. The summed E-state index contributed by atoms with van der Waals surface area (Å²) in [6, 6.07) is 29.5. The number of hydrogen-bond donors (Lipinski definition) is 1. The topological polar surface area (TPSA) is 24.4 Å². The van der Waals surface area contributed by atoms with Gasteiger partial charge in [0.05, 0.1) is 5.69 Å². The molecule has 0 spiro atoms. The number of nitrogens with zero attached hydrogens (tertiary/aromatic N) is 1. The summed E-state index contributed by atoms with van der Waals surface area (Å²) in [7, 11) is 0. The first kappa shape index (κ1) is 22.3. The Balaban J connectivity index is 1.86. The highest BCUT2D eigenvalue weighted by Gasteiger charge is 2.46. The molecule has 0 saturated carbocycles. The monoisotopic (exact) mass is 412 g/mol. The van der Waals surface area contributed by atoms with Gasteiger partial charge in [-0.25, -0.2) is 0 Å². The Hall–Kier alpha value is -2.34. The van der Waals surface area contributed by atoms with Gasteiger partial charge in [-0.15, -0.1) is 0 Å². The molecule has 30 heavy (non-hydrogen) atoms. The predicted molar refractivity (Wildman–Crippen MR) is 133 cm³/mol. The second-order valence-corrected chi connectivity index (χ2v) is 14.2. The van der Waals surface area contributed by atoms with E-state index in [2.05, 4.69) is 93.5 Å². The van der Waals surface area contributed by atoms with Gasteiger partial charge >= 0.3 is 14.4 Å². The molecule has 0 saturated heterocycles. The molecule has 0 atom stereocenters. The fraction of sp³-hybridized carbons (Fsp3) is 0.296. The maximum absolute atomic E-state index is 4.70. The highest BCUT2D eigenvalue weighted by atomic mass is 27.2. The number of benzene rings is 3. The molecule has 0 aliphatic carbocycles. The zero-order valence-corrected chi connectivity index (χ0v) is 20.0. The number of aliphatic imine (C=N–C) groups is 1. The third-order valence-corrected chi connectivity index (χ3v) is 9.66. The second kappa shape index (κ2) is 9.65. The molecular formula is C27H33AlN2. The van der Waals surface area contributed by atoms with Crippen LogP contribution in [0.4, 0.5) is 11.4 Å². The van der Waals surface area contributed by atoms with Gasteiger partial charge in [0.15, 0.2) is 0 Å². The molecule has 0 amide bonds. The van der Waals surface area contributed by atoms with Gasteiger partial charge < -0.3 is 4.30 Å². The third-order valence-electron chi connectivity index (χ3n) is 5.54. The van der Waals surface area contributed by atoms with Crippen molar-refractivity contribution in [3.05, 3.63) is 96.1 Å². The van der Waals surface area contributed by atoms with Crippen LogP contribution in [0.15, 0.2) is 89.9 Å². The lowest BCUT2D eigenvalue weighted by Crippen LogP contribution is -2.45. The van der Waals surface area contributed by atoms with Crippen LogP contribution >= 0.6 is 0 Å². The fourth-order valence-corrected chi connectivity index (χ4v) is 8.48. The van der Waals surface area contributed by atoms with Crippen molar-refractivity contribution >= 4 is 32.0 Å². The second-order valence-electron chi connectivity index (χ2n) is 9.77. The summed E-state index contributed by atoms with van der Waals surface area (Å²) in [5.74, 6) is 0. The number of nitrogens with one attached hydrogen (secondary N) is 1. The highest BCUT2D eigenvalue weighted by Crippen LogP contribution is 2.45. The van der Waals surface area contributed by atoms with E-state index < -0.39 is 14.4 Å². The first-order chi connectivity index (χ1) is 14.3. The SMILES string of the molecule is C[C](C)(C)[Al]([NH]c1ccccc1)[C](C)(C)Cc1ccccc1C=Nc1ccccc1. The van der Waals surface area contributed by atoms with Gasteiger partial charge in [-0.3, -0.25) is 4.99 Å². The average Bonchev–Trinajstić information content (AvgIpc) is 2.72. The molecule has 3 rings (SSSR count). The summed E-state index contributed by atoms with van der Waals surface area (Å²) < 4.78 is 4.38. The van der Waals surface area contributed by atoms with Crippen LogP contribution in [-0.2, 0) is 6.42 Å². The maximum atomic E-state index is 4.70. The van der Waals surface area contributed by atoms with Crippen LogP contribution in [0.1, 0.15) is 45.7 Å². The van der Waals surface area contributed by atoms with E-state index >= 15 is 0 Å². The van der Waals surface area contributed by atoms with E-state index in [0.29, 0.717) is 0 Å². The van der Waals surface area contributed by atoms with Crippen molar-refractivity contribution in [2.24, 2.45) is 4.99 Å². The smallest absolute Gasteiger partial charge is 0.423 e. The molecular weight excluding hydrogens is 379 g/mol. The first-order valence-electron chi connectivity index (χ1n) is 10.7. The van der Waals surface area contributed by atoms with Gasteiger partial charge in [0, 0.05) is 11.9 Å². The minimum absolute atomic E-state index is 0.171. The average molecular weight is 413 g/mol. The van der Waals surface area contributed by atoms with Crippen LogP contribution in [0.2, 0.25) is 8.55 Å². The Labute approximate surface area is 186 Å². The molecule has 1 N–H and O–H groups in total. The molecule has 0 aromatic heterocycles. The fourth-order valence-electron chi connectivity index (χ4n) is 4.36. The summed E-state index contributed by atoms with van der Waals surface area (Å²) >= 11 is -1.42. The van der Waals surface area contributed by atoms with Crippen molar-refractivity contribution < 1.29 is 0 Å². The molecule has 0 bridgehead atoms. The standard InChI is InChI=1S/C17H18N.C6H6N.C4H9.Al/c1-14(2)12-15-8-6-7-9-16(15)13-18-17-10-4-3-5-11-17;7-6-4-2-1-3-5-6;1-4(2)3;/h3-11,13H,12H2,1-2H3;1-5,7H;1-3H3;/q;-1;;+1. The summed E-state index contributed by atoms with van der Waals surface area (Å²) in [4.78, 5) is 4.70. The molecule has 3 heteroatoms. The largest absolute Gasteiger partial charge is 0.476 e. The molecule has 0 unspecified atom stereocenters. The molecule has 0 fully saturated rings. The highest BCUT2D eigenvalue weighted by molar-refractivity contribution is 6.68. The van der Waals surface area contributed by atoms with Crippen LogP contribution in [0, 0.1) is 0 Å². The summed E-state index contributed by atoms with van der Waals surface area (Å²) in [6.45, 7) is 12.0. The normalized spacial score (nSPS) is 12.2. The van der Waals surface area contributed by atoms with Crippen molar-refractivity contribution in [2.45, 2.75) is 49.6 Å². The number of hydrogen-bond acceptors (Lipinski definition) is 2. The van der Waals surface area contributed by atoms with Crippen LogP contribution in [0.25, 0.3) is 0 Å². The first-order valence-corrected chi connectivity index (χ1v) is 12.5. The predicted octanol–water partition coefficient (Wildman–Crippen LogP) is 7.66. The molecule has 0 radical (unpaired) electrons. The number of para-hydroxylation sites is 2. The molecule has 3 aromatic rings. The van der Waals surface area contributed by atoms with Crippen molar-refractivity contribution in [1.29, 1.82) is 0 Å². The van der Waals surface area contributed by atoms with E-state index in [1.165, 1.54) is 16.8 Å². The quantitative estimate of drug-likeness (QED) is 0.312. The Kier molecular flexibility index (Phi) is 7.19. The number of rotatable bonds is 7. The van der Waals surface area contributed by atoms with E-state index in [1.807, 2.05) is 36.5 Å². The molecule has 3 aromatic carbocycles. The minimum atomic E-state index is -1.42. The van der Waals surface area contributed by atoms with Crippen molar-refractivity contribution in [1.82, 2.24) is 0 Å². The third kappa shape index (κ3) is 6.08. The van der Waals surface area contributed by atoms with Gasteiger partial charge in [-0.05, 0) is 41.8 Å². The summed E-state index contributed by atoms with van der Waals surface area (Å²) in [5.41, 5.74) is 4.78. The van der Waals surface area contributed by atoms with Gasteiger partial charge in [0.1, 0.15) is 0 Å². The Bertz CT molecular complexity index is 957. The van der Waals surface area contributed by atoms with Crippen molar-refractivity contribution in [3.8, 4) is 0 Å². The van der Waals surface area contributed by atoms with Crippen molar-refractivity contribution in [3.63, 3.8) is 0 Å². The van der Waals surface area contributed by atoms with E-state index in [-0.39, 0.29) is 8.55 Å². The summed E-state index contributed by atoms with van der Waals surface area (Å²) in [5, 5.41) is 0. The van der Waals surface area contributed by atoms with E-state index in [4.69, 9.17) is 4.99 Å². The van der Waals surface area contributed by atoms with Crippen LogP contribution in [0.3, 0.4) is 0 Å². The molecule has 2 nitrogen and oxygen atoms in total. The Morgan fingerprint density at radius 1 is 0.767 bits per heavy atom. The van der Waals surface area contributed by atoms with Gasteiger partial charge in [-0.1, -0.05) is 104 Å². The minimum Gasteiger partial charge on any atom is -0.476 e. The Morgan fingerprint density at radius 3 is 1.97 bits per heavy atom. The maximum Gasteiger partial charge on any atom is 0.423 e. The molecule has 0 aliphatic heterocycles. The van der Waals surface area contributed by atoms with E-state index in [9.17, 15) is 0 Å². The van der Waals surface area contributed by atoms with Crippen LogP contribution in [-0.4, -0.2) is 20.6 Å². The Morgan fingerprint density at radius 2 is 1.33 bits per heavy atom. The zero-order chi connectivity index (χ0) is 21.6. The number of anilines is 1. The van der Waals surface area contributed by atoms with Crippen molar-refractivity contribution in [2.75, 3.05) is 4.30 Å². The van der Waals surface area contributed by atoms with Crippen LogP contribution in [0.5, 0.6) is 0 Å². The van der Waals surface area contributed by atoms with E-state index in [0.717, 1.165) is 12.1 Å². The van der Waals surface area contributed by atoms with Gasteiger partial charge in [-0.2, -0.15) is 0 Å². The van der Waals surface area contributed by atoms with Crippen LogP contribution < -0.4 is 4.30 Å². The van der Waals surface area contributed by atoms with Gasteiger partial charge in [0.25, 0.3) is 0 Å². The lowest BCUT2D eigenvalue weighted by molar-refractivity contribution is 0.599. The molecule has 0 aliphatic rings. The summed E-state index contributed by atoms with van der Waals surface area (Å²) in [6.07, 6.45) is 3.04.